The summed E-state index contributed by atoms with van der Waals surface area (Å²) >= 11 is 6.33. The number of amides is 1. The smallest absolute Gasteiger partial charge is 0.245 e. The summed E-state index contributed by atoms with van der Waals surface area (Å²) in [5.74, 6) is -0.00716. The fraction of sp³-hybridized carbons (Fsp3) is 0.533. The first kappa shape index (κ1) is 12.9. The van der Waals surface area contributed by atoms with Crippen LogP contribution in [0.5, 0.6) is 0 Å². The van der Waals surface area contributed by atoms with E-state index in [0.29, 0.717) is 12.8 Å². The van der Waals surface area contributed by atoms with Crippen LogP contribution in [0.15, 0.2) is 30.3 Å². The molecule has 19 heavy (non-hydrogen) atoms. The Hall–Kier alpha value is -1.06. The highest BCUT2D eigenvalue weighted by atomic mass is 35.5. The van der Waals surface area contributed by atoms with Crippen molar-refractivity contribution in [2.24, 2.45) is 0 Å². The maximum atomic E-state index is 12.6. The number of hydrogen-bond acceptors (Lipinski definition) is 2. The molecule has 3 nitrogen and oxygen atoms in total. The Labute approximate surface area is 118 Å². The van der Waals surface area contributed by atoms with Gasteiger partial charge in [-0.15, -0.1) is 11.6 Å². The Bertz CT molecular complexity index is 450. The maximum Gasteiger partial charge on any atom is 0.245 e. The van der Waals surface area contributed by atoms with E-state index < -0.39 is 5.38 Å². The number of alkyl halides is 1. The van der Waals surface area contributed by atoms with E-state index in [2.05, 4.69) is 0 Å². The van der Waals surface area contributed by atoms with Gasteiger partial charge in [0.1, 0.15) is 5.38 Å². The maximum absolute atomic E-state index is 12.6. The summed E-state index contributed by atoms with van der Waals surface area (Å²) in [6.07, 6.45) is 3.12. The number of nitrogens with zero attached hydrogens (tertiary/aromatic N) is 1. The van der Waals surface area contributed by atoms with Gasteiger partial charge in [0.25, 0.3) is 0 Å². The summed E-state index contributed by atoms with van der Waals surface area (Å²) in [6.45, 7) is 0. The molecule has 0 saturated carbocycles. The van der Waals surface area contributed by atoms with Crippen LogP contribution in [-0.2, 0) is 4.79 Å². The second-order valence-corrected chi connectivity index (χ2v) is 5.97. The minimum atomic E-state index is -0.612. The minimum Gasteiger partial charge on any atom is -0.393 e. The monoisotopic (exact) mass is 279 g/mol. The van der Waals surface area contributed by atoms with Crippen molar-refractivity contribution < 1.29 is 9.90 Å². The highest BCUT2D eigenvalue weighted by Gasteiger charge is 2.44. The van der Waals surface area contributed by atoms with Gasteiger partial charge < -0.3 is 10.0 Å². The van der Waals surface area contributed by atoms with Gasteiger partial charge in [-0.2, -0.15) is 0 Å². The van der Waals surface area contributed by atoms with Gasteiger partial charge in [0, 0.05) is 12.1 Å². The van der Waals surface area contributed by atoms with E-state index in [-0.39, 0.29) is 24.1 Å². The van der Waals surface area contributed by atoms with Gasteiger partial charge in [-0.25, -0.2) is 0 Å². The average molecular weight is 280 g/mol. The number of piperidine rings is 1. The third-order valence-electron chi connectivity index (χ3n) is 4.27. The zero-order valence-corrected chi connectivity index (χ0v) is 11.5. The van der Waals surface area contributed by atoms with Crippen molar-refractivity contribution in [2.75, 3.05) is 0 Å². The van der Waals surface area contributed by atoms with E-state index in [0.717, 1.165) is 18.4 Å². The number of fused-ring (bicyclic) bond motifs is 2. The van der Waals surface area contributed by atoms with Gasteiger partial charge in [-0.3, -0.25) is 4.79 Å². The molecular formula is C15H18ClNO2. The quantitative estimate of drug-likeness (QED) is 0.845. The third kappa shape index (κ3) is 2.37. The number of aliphatic hydroxyl groups is 1. The first-order chi connectivity index (χ1) is 9.16. The SMILES string of the molecule is O=C(C(Cl)c1ccccc1)N1C2CCC1CC(O)C2. The van der Waals surface area contributed by atoms with Crippen LogP contribution in [0.3, 0.4) is 0 Å². The van der Waals surface area contributed by atoms with Crippen LogP contribution in [-0.4, -0.2) is 34.1 Å². The average Bonchev–Trinajstić information content (AvgIpc) is 2.70. The van der Waals surface area contributed by atoms with E-state index in [1.165, 1.54) is 0 Å². The number of hydrogen-bond donors (Lipinski definition) is 1. The lowest BCUT2D eigenvalue weighted by atomic mass is 9.98. The molecule has 2 aliphatic rings. The van der Waals surface area contributed by atoms with Crippen molar-refractivity contribution in [2.45, 2.75) is 49.2 Å². The standard InChI is InChI=1S/C15H18ClNO2/c16-14(10-4-2-1-3-5-10)15(19)17-11-6-7-12(17)9-13(18)8-11/h1-5,11-14,18H,6-9H2. The lowest BCUT2D eigenvalue weighted by Crippen LogP contribution is -2.49. The summed E-state index contributed by atoms with van der Waals surface area (Å²) < 4.78 is 0. The number of carbonyl (C=O) groups is 1. The zero-order valence-electron chi connectivity index (χ0n) is 10.7. The Balaban J connectivity index is 1.78. The highest BCUT2D eigenvalue weighted by molar-refractivity contribution is 6.30. The molecular weight excluding hydrogens is 262 g/mol. The molecule has 1 aromatic carbocycles. The van der Waals surface area contributed by atoms with Crippen LogP contribution in [0.25, 0.3) is 0 Å². The van der Waals surface area contributed by atoms with E-state index in [1.54, 1.807) is 0 Å². The van der Waals surface area contributed by atoms with Gasteiger partial charge in [0.05, 0.1) is 6.10 Å². The second kappa shape index (κ2) is 5.14. The summed E-state index contributed by atoms with van der Waals surface area (Å²) in [5, 5.41) is 9.16. The molecule has 0 aromatic heterocycles. The highest BCUT2D eigenvalue weighted by Crippen LogP contribution is 2.38. The molecule has 2 heterocycles. The van der Waals surface area contributed by atoms with Crippen molar-refractivity contribution in [1.82, 2.24) is 4.90 Å². The molecule has 3 unspecified atom stereocenters. The molecule has 3 rings (SSSR count). The van der Waals surface area contributed by atoms with Crippen LogP contribution >= 0.6 is 11.6 Å². The predicted octanol–water partition coefficient (Wildman–Crippen LogP) is 2.48. The van der Waals surface area contributed by atoms with Crippen LogP contribution < -0.4 is 0 Å². The number of carbonyl (C=O) groups excluding carboxylic acids is 1. The molecule has 0 spiro atoms. The van der Waals surface area contributed by atoms with Crippen molar-refractivity contribution in [3.05, 3.63) is 35.9 Å². The Morgan fingerprint density at radius 1 is 1.21 bits per heavy atom. The molecule has 0 radical (unpaired) electrons. The predicted molar refractivity (Wildman–Crippen MR) is 73.9 cm³/mol. The number of aliphatic hydroxyl groups excluding tert-OH is 1. The van der Waals surface area contributed by atoms with Gasteiger partial charge in [0.15, 0.2) is 0 Å². The fourth-order valence-electron chi connectivity index (χ4n) is 3.40. The summed E-state index contributed by atoms with van der Waals surface area (Å²) in [4.78, 5) is 14.5. The first-order valence-corrected chi connectivity index (χ1v) is 7.29. The van der Waals surface area contributed by atoms with Crippen LogP contribution in [0, 0.1) is 0 Å². The minimum absolute atomic E-state index is 0.00716. The number of rotatable bonds is 2. The third-order valence-corrected chi connectivity index (χ3v) is 4.71. The zero-order chi connectivity index (χ0) is 13.4. The Morgan fingerprint density at radius 3 is 2.37 bits per heavy atom. The number of benzene rings is 1. The molecule has 102 valence electrons. The second-order valence-electron chi connectivity index (χ2n) is 5.53. The molecule has 2 saturated heterocycles. The molecule has 1 aromatic rings. The molecule has 3 atom stereocenters. The Morgan fingerprint density at radius 2 is 1.79 bits per heavy atom. The van der Waals surface area contributed by atoms with E-state index >= 15 is 0 Å². The van der Waals surface area contributed by atoms with Crippen molar-refractivity contribution in [3.8, 4) is 0 Å². The molecule has 0 aliphatic carbocycles. The molecule has 2 bridgehead atoms. The molecule has 1 N–H and O–H groups in total. The van der Waals surface area contributed by atoms with Crippen LogP contribution in [0.2, 0.25) is 0 Å². The van der Waals surface area contributed by atoms with Crippen LogP contribution in [0.4, 0.5) is 0 Å². The van der Waals surface area contributed by atoms with E-state index in [9.17, 15) is 9.90 Å². The summed E-state index contributed by atoms with van der Waals surface area (Å²) in [6, 6.07) is 9.82. The molecule has 2 fully saturated rings. The van der Waals surface area contributed by atoms with Gasteiger partial charge in [-0.05, 0) is 31.2 Å². The first-order valence-electron chi connectivity index (χ1n) is 6.86. The van der Waals surface area contributed by atoms with Gasteiger partial charge in [0.2, 0.25) is 5.91 Å². The van der Waals surface area contributed by atoms with E-state index in [1.807, 2.05) is 35.2 Å². The summed E-state index contributed by atoms with van der Waals surface area (Å²) in [7, 11) is 0. The van der Waals surface area contributed by atoms with Crippen molar-refractivity contribution in [1.29, 1.82) is 0 Å². The lowest BCUT2D eigenvalue weighted by Gasteiger charge is -2.38. The number of halogens is 1. The molecule has 4 heteroatoms. The Kier molecular flexibility index (Phi) is 3.50. The van der Waals surface area contributed by atoms with Crippen molar-refractivity contribution >= 4 is 17.5 Å². The normalized spacial score (nSPS) is 31.3. The van der Waals surface area contributed by atoms with E-state index in [4.69, 9.17) is 11.6 Å². The van der Waals surface area contributed by atoms with Crippen molar-refractivity contribution in [3.63, 3.8) is 0 Å². The van der Waals surface area contributed by atoms with Gasteiger partial charge in [-0.1, -0.05) is 30.3 Å². The topological polar surface area (TPSA) is 40.5 Å². The lowest BCUT2D eigenvalue weighted by molar-refractivity contribution is -0.137. The molecule has 1 amide bonds. The van der Waals surface area contributed by atoms with Crippen LogP contribution in [0.1, 0.15) is 36.6 Å². The molecule has 2 aliphatic heterocycles. The largest absolute Gasteiger partial charge is 0.393 e. The fourth-order valence-corrected chi connectivity index (χ4v) is 3.66. The summed E-state index contributed by atoms with van der Waals surface area (Å²) in [5.41, 5.74) is 0.847. The van der Waals surface area contributed by atoms with Gasteiger partial charge >= 0.3 is 0 Å².